The second-order valence-electron chi connectivity index (χ2n) is 5.34. The molecule has 2 heterocycles. The highest BCUT2D eigenvalue weighted by atomic mass is 32.2. The molecule has 1 atom stereocenters. The zero-order chi connectivity index (χ0) is 14.0. The average Bonchev–Trinajstić information content (AvgIpc) is 2.94. The molecule has 20 heavy (non-hydrogen) atoms. The quantitative estimate of drug-likeness (QED) is 0.883. The number of anilines is 1. The monoisotopic (exact) mass is 296 g/mol. The van der Waals surface area contributed by atoms with Crippen LogP contribution in [0.1, 0.15) is 24.8 Å². The molecule has 3 rings (SSSR count). The molecule has 6 heteroatoms. The Morgan fingerprint density at radius 2 is 2.25 bits per heavy atom. The van der Waals surface area contributed by atoms with E-state index in [9.17, 15) is 8.42 Å². The van der Waals surface area contributed by atoms with Crippen LogP contribution in [0.5, 0.6) is 0 Å². The molecule has 0 aromatic heterocycles. The summed E-state index contributed by atoms with van der Waals surface area (Å²) in [7, 11) is -3.44. The summed E-state index contributed by atoms with van der Waals surface area (Å²) in [6.45, 7) is 1.97. The largest absolute Gasteiger partial charge is 0.384 e. The standard InChI is InChI=1S/C14H20N2O3S/c17-20(18,16-10-12-3-1-2-8-19-12)13-4-5-14-11(9-13)6-7-15-14/h4-5,9,12,15-16H,1-3,6-8,10H2. The van der Waals surface area contributed by atoms with E-state index < -0.39 is 10.0 Å². The summed E-state index contributed by atoms with van der Waals surface area (Å²) in [6.07, 6.45) is 3.99. The minimum atomic E-state index is -3.44. The van der Waals surface area contributed by atoms with E-state index in [0.717, 1.165) is 50.1 Å². The summed E-state index contributed by atoms with van der Waals surface area (Å²) in [4.78, 5) is 0.343. The van der Waals surface area contributed by atoms with E-state index in [1.807, 2.05) is 6.07 Å². The molecule has 0 radical (unpaired) electrons. The fourth-order valence-electron chi connectivity index (χ4n) is 2.70. The Hall–Kier alpha value is -1.11. The van der Waals surface area contributed by atoms with Crippen LogP contribution in [-0.2, 0) is 21.2 Å². The number of nitrogens with one attached hydrogen (secondary N) is 2. The summed E-state index contributed by atoms with van der Waals surface area (Å²) < 4.78 is 32.8. The molecule has 1 aromatic carbocycles. The van der Waals surface area contributed by atoms with Gasteiger partial charge in [-0.1, -0.05) is 0 Å². The first kappa shape index (κ1) is 13.9. The Balaban J connectivity index is 1.68. The van der Waals surface area contributed by atoms with E-state index in [-0.39, 0.29) is 6.10 Å². The van der Waals surface area contributed by atoms with Gasteiger partial charge in [-0.2, -0.15) is 0 Å². The molecule has 0 saturated carbocycles. The van der Waals surface area contributed by atoms with Crippen molar-refractivity contribution in [2.75, 3.05) is 25.0 Å². The number of benzene rings is 1. The maximum atomic E-state index is 12.3. The van der Waals surface area contributed by atoms with Crippen LogP contribution in [0.15, 0.2) is 23.1 Å². The van der Waals surface area contributed by atoms with Gasteiger partial charge >= 0.3 is 0 Å². The SMILES string of the molecule is O=S(=O)(NCC1CCCCO1)c1ccc2c(c1)CCN2. The fourth-order valence-corrected chi connectivity index (χ4v) is 3.82. The van der Waals surface area contributed by atoms with Gasteiger partial charge < -0.3 is 10.1 Å². The average molecular weight is 296 g/mol. The molecule has 1 saturated heterocycles. The number of fused-ring (bicyclic) bond motifs is 1. The van der Waals surface area contributed by atoms with Crippen LogP contribution >= 0.6 is 0 Å². The fraction of sp³-hybridized carbons (Fsp3) is 0.571. The Labute approximate surface area is 119 Å². The van der Waals surface area contributed by atoms with Crippen LogP contribution in [0.4, 0.5) is 5.69 Å². The molecule has 1 unspecified atom stereocenters. The van der Waals surface area contributed by atoms with Crippen molar-refractivity contribution < 1.29 is 13.2 Å². The van der Waals surface area contributed by atoms with Crippen molar-refractivity contribution in [3.05, 3.63) is 23.8 Å². The van der Waals surface area contributed by atoms with Gasteiger partial charge in [-0.3, -0.25) is 0 Å². The minimum absolute atomic E-state index is 0.00891. The van der Waals surface area contributed by atoms with Crippen molar-refractivity contribution in [3.63, 3.8) is 0 Å². The smallest absolute Gasteiger partial charge is 0.240 e. The van der Waals surface area contributed by atoms with Crippen LogP contribution in [0.3, 0.4) is 0 Å². The molecule has 2 aliphatic rings. The summed E-state index contributed by atoms with van der Waals surface area (Å²) in [5, 5.41) is 3.23. The highest BCUT2D eigenvalue weighted by Gasteiger charge is 2.21. The van der Waals surface area contributed by atoms with Crippen molar-refractivity contribution in [1.82, 2.24) is 4.72 Å². The van der Waals surface area contributed by atoms with Gasteiger partial charge in [0.1, 0.15) is 0 Å². The van der Waals surface area contributed by atoms with Gasteiger partial charge in [-0.25, -0.2) is 13.1 Å². The first-order chi connectivity index (χ1) is 9.65. The van der Waals surface area contributed by atoms with Gasteiger partial charge in [0.15, 0.2) is 0 Å². The van der Waals surface area contributed by atoms with Gasteiger partial charge in [-0.05, 0) is 49.4 Å². The molecule has 110 valence electrons. The Bertz CT molecular complexity index is 580. The molecule has 0 spiro atoms. The predicted molar refractivity (Wildman–Crippen MR) is 77.4 cm³/mol. The normalized spacial score (nSPS) is 22.3. The third-order valence-corrected chi connectivity index (χ3v) is 5.29. The summed E-state index contributed by atoms with van der Waals surface area (Å²) in [5.74, 6) is 0. The molecule has 0 bridgehead atoms. The van der Waals surface area contributed by atoms with E-state index in [1.54, 1.807) is 12.1 Å². The van der Waals surface area contributed by atoms with E-state index >= 15 is 0 Å². The summed E-state index contributed by atoms with van der Waals surface area (Å²) >= 11 is 0. The highest BCUT2D eigenvalue weighted by Crippen LogP contribution is 2.25. The maximum absolute atomic E-state index is 12.3. The number of sulfonamides is 1. The number of ether oxygens (including phenoxy) is 1. The van der Waals surface area contributed by atoms with Gasteiger partial charge in [-0.15, -0.1) is 0 Å². The second kappa shape index (κ2) is 5.71. The molecule has 2 aliphatic heterocycles. The molecule has 1 fully saturated rings. The van der Waals surface area contributed by atoms with E-state index in [1.165, 1.54) is 0 Å². The van der Waals surface area contributed by atoms with Gasteiger partial charge in [0.25, 0.3) is 0 Å². The van der Waals surface area contributed by atoms with E-state index in [4.69, 9.17) is 4.74 Å². The van der Waals surface area contributed by atoms with Crippen LogP contribution in [0, 0.1) is 0 Å². The number of rotatable bonds is 4. The topological polar surface area (TPSA) is 67.4 Å². The Morgan fingerprint density at radius 3 is 3.05 bits per heavy atom. The number of hydrogen-bond acceptors (Lipinski definition) is 4. The van der Waals surface area contributed by atoms with Gasteiger partial charge in [0, 0.05) is 25.4 Å². The summed E-state index contributed by atoms with van der Waals surface area (Å²) in [5.41, 5.74) is 2.11. The third kappa shape index (κ3) is 2.97. The summed E-state index contributed by atoms with van der Waals surface area (Å²) in [6, 6.07) is 5.26. The maximum Gasteiger partial charge on any atom is 0.240 e. The van der Waals surface area contributed by atoms with Crippen molar-refractivity contribution >= 4 is 15.7 Å². The zero-order valence-electron chi connectivity index (χ0n) is 11.4. The lowest BCUT2D eigenvalue weighted by Crippen LogP contribution is -2.35. The molecule has 0 amide bonds. The lowest BCUT2D eigenvalue weighted by molar-refractivity contribution is 0.0200. The second-order valence-corrected chi connectivity index (χ2v) is 7.10. The van der Waals surface area contributed by atoms with Crippen LogP contribution in [-0.4, -0.2) is 34.2 Å². The number of hydrogen-bond donors (Lipinski definition) is 2. The molecule has 1 aromatic rings. The first-order valence-corrected chi connectivity index (χ1v) is 8.61. The van der Waals surface area contributed by atoms with Crippen LogP contribution in [0.25, 0.3) is 0 Å². The third-order valence-electron chi connectivity index (χ3n) is 3.87. The predicted octanol–water partition coefficient (Wildman–Crippen LogP) is 1.50. The Kier molecular flexibility index (Phi) is 3.96. The van der Waals surface area contributed by atoms with Crippen molar-refractivity contribution in [2.24, 2.45) is 0 Å². The van der Waals surface area contributed by atoms with E-state index in [0.29, 0.717) is 11.4 Å². The van der Waals surface area contributed by atoms with Gasteiger partial charge in [0.05, 0.1) is 11.0 Å². The van der Waals surface area contributed by atoms with Crippen molar-refractivity contribution in [1.29, 1.82) is 0 Å². The minimum Gasteiger partial charge on any atom is -0.384 e. The lowest BCUT2D eigenvalue weighted by atomic mass is 10.1. The molecular weight excluding hydrogens is 276 g/mol. The molecule has 0 aliphatic carbocycles. The van der Waals surface area contributed by atoms with E-state index in [2.05, 4.69) is 10.0 Å². The first-order valence-electron chi connectivity index (χ1n) is 7.13. The molecule has 5 nitrogen and oxygen atoms in total. The van der Waals surface area contributed by atoms with Crippen LogP contribution in [0.2, 0.25) is 0 Å². The van der Waals surface area contributed by atoms with Crippen LogP contribution < -0.4 is 10.0 Å². The Morgan fingerprint density at radius 1 is 1.35 bits per heavy atom. The lowest BCUT2D eigenvalue weighted by Gasteiger charge is -2.22. The zero-order valence-corrected chi connectivity index (χ0v) is 12.2. The van der Waals surface area contributed by atoms with Crippen molar-refractivity contribution in [2.45, 2.75) is 36.7 Å². The van der Waals surface area contributed by atoms with Gasteiger partial charge in [0.2, 0.25) is 10.0 Å². The highest BCUT2D eigenvalue weighted by molar-refractivity contribution is 7.89. The molecular formula is C14H20N2O3S. The molecule has 2 N–H and O–H groups in total. The van der Waals surface area contributed by atoms with Crippen molar-refractivity contribution in [3.8, 4) is 0 Å².